The molecular formula is C57H100O6. The molecule has 0 heterocycles. The minimum atomic E-state index is -0.784. The first-order valence-electron chi connectivity index (χ1n) is 26.8. The van der Waals surface area contributed by atoms with Crippen LogP contribution in [-0.2, 0) is 28.6 Å². The summed E-state index contributed by atoms with van der Waals surface area (Å²) in [4.78, 5) is 38.0. The molecule has 0 unspecified atom stereocenters. The van der Waals surface area contributed by atoms with Crippen LogP contribution in [0.4, 0.5) is 0 Å². The fourth-order valence-electron chi connectivity index (χ4n) is 7.49. The molecular weight excluding hydrogens is 781 g/mol. The molecule has 0 fully saturated rings. The number of carbonyl (C=O) groups is 3. The first-order chi connectivity index (χ1) is 31.0. The third kappa shape index (κ3) is 50.0. The maximum atomic E-state index is 12.8. The first kappa shape index (κ1) is 60.1. The van der Waals surface area contributed by atoms with Crippen LogP contribution in [-0.4, -0.2) is 37.2 Å². The highest BCUT2D eigenvalue weighted by Gasteiger charge is 2.19. The Bertz CT molecular complexity index is 1150. The van der Waals surface area contributed by atoms with Gasteiger partial charge < -0.3 is 14.2 Å². The van der Waals surface area contributed by atoms with Gasteiger partial charge in [0, 0.05) is 19.3 Å². The van der Waals surface area contributed by atoms with E-state index in [1.54, 1.807) is 0 Å². The molecule has 0 spiro atoms. The smallest absolute Gasteiger partial charge is 0.306 e. The van der Waals surface area contributed by atoms with Gasteiger partial charge in [0.15, 0.2) is 6.10 Å². The second kappa shape index (κ2) is 51.7. The molecule has 364 valence electrons. The Kier molecular flexibility index (Phi) is 49.4. The van der Waals surface area contributed by atoms with Crippen molar-refractivity contribution in [3.63, 3.8) is 0 Å². The molecule has 0 aliphatic carbocycles. The van der Waals surface area contributed by atoms with E-state index in [1.807, 2.05) is 0 Å². The van der Waals surface area contributed by atoms with Gasteiger partial charge in [0.05, 0.1) is 0 Å². The number of unbranched alkanes of at least 4 members (excludes halogenated alkanes) is 27. The average molecular weight is 881 g/mol. The van der Waals surface area contributed by atoms with Gasteiger partial charge >= 0.3 is 17.9 Å². The molecule has 63 heavy (non-hydrogen) atoms. The van der Waals surface area contributed by atoms with E-state index < -0.39 is 6.10 Å². The van der Waals surface area contributed by atoms with Crippen LogP contribution < -0.4 is 0 Å². The van der Waals surface area contributed by atoms with E-state index in [2.05, 4.69) is 81.5 Å². The van der Waals surface area contributed by atoms with Crippen LogP contribution in [0.2, 0.25) is 0 Å². The quantitative estimate of drug-likeness (QED) is 0.0262. The number of carbonyl (C=O) groups excluding carboxylic acids is 3. The lowest BCUT2D eigenvalue weighted by atomic mass is 10.0. The predicted molar refractivity (Wildman–Crippen MR) is 270 cm³/mol. The van der Waals surface area contributed by atoms with Gasteiger partial charge in [-0.05, 0) is 83.5 Å². The second-order valence-electron chi connectivity index (χ2n) is 17.8. The van der Waals surface area contributed by atoms with Crippen molar-refractivity contribution in [3.8, 4) is 0 Å². The minimum absolute atomic E-state index is 0.0853. The number of allylic oxidation sites excluding steroid dienone is 10. The van der Waals surface area contributed by atoms with Crippen LogP contribution in [0.15, 0.2) is 60.8 Å². The van der Waals surface area contributed by atoms with Crippen LogP contribution >= 0.6 is 0 Å². The summed E-state index contributed by atoms with van der Waals surface area (Å²) in [6.45, 7) is 6.49. The lowest BCUT2D eigenvalue weighted by Gasteiger charge is -2.18. The molecule has 6 nitrogen and oxygen atoms in total. The molecule has 0 amide bonds. The molecule has 0 saturated heterocycles. The second-order valence-corrected chi connectivity index (χ2v) is 17.8. The van der Waals surface area contributed by atoms with E-state index in [0.717, 1.165) is 116 Å². The lowest BCUT2D eigenvalue weighted by Crippen LogP contribution is -2.30. The molecule has 6 heteroatoms. The fourth-order valence-corrected chi connectivity index (χ4v) is 7.49. The summed E-state index contributed by atoms with van der Waals surface area (Å²) < 4.78 is 16.8. The Morgan fingerprint density at radius 1 is 0.333 bits per heavy atom. The summed E-state index contributed by atoms with van der Waals surface area (Å²) in [5.74, 6) is -0.906. The molecule has 0 aliphatic rings. The Labute approximate surface area is 390 Å². The number of rotatable bonds is 48. The van der Waals surface area contributed by atoms with Crippen molar-refractivity contribution in [3.05, 3.63) is 60.8 Å². The van der Waals surface area contributed by atoms with Crippen molar-refractivity contribution in [2.24, 2.45) is 0 Å². The first-order valence-corrected chi connectivity index (χ1v) is 26.8. The predicted octanol–water partition coefficient (Wildman–Crippen LogP) is 17.6. The van der Waals surface area contributed by atoms with Crippen molar-refractivity contribution < 1.29 is 28.6 Å². The van der Waals surface area contributed by atoms with Gasteiger partial charge in [-0.1, -0.05) is 223 Å². The molecule has 0 aliphatic heterocycles. The standard InChI is InChI=1S/C57H100O6/c1-4-7-10-13-16-19-22-25-28-31-34-37-40-43-46-49-55(58)61-52-54(63-57(60)51-48-45-42-39-36-33-30-27-24-21-18-15-12-9-6-3)53-62-56(59)50-47-44-41-38-35-32-29-26-23-20-17-14-11-8-5-2/h7,10,16-17,19-20,25-26,28-29,54H,4-6,8-9,11-15,18,21-24,27,30-53H2,1-3H3/b10-7-,19-16-,20-17-,28-25-,29-26-/t54-/m0/s1. The van der Waals surface area contributed by atoms with E-state index in [4.69, 9.17) is 14.2 Å². The number of esters is 3. The van der Waals surface area contributed by atoms with Crippen molar-refractivity contribution >= 4 is 17.9 Å². The zero-order valence-corrected chi connectivity index (χ0v) is 41.6. The Morgan fingerprint density at radius 2 is 0.619 bits per heavy atom. The Hall–Kier alpha value is -2.89. The van der Waals surface area contributed by atoms with Crippen LogP contribution in [0.25, 0.3) is 0 Å². The number of hydrogen-bond acceptors (Lipinski definition) is 6. The van der Waals surface area contributed by atoms with Crippen LogP contribution in [0, 0.1) is 0 Å². The largest absolute Gasteiger partial charge is 0.462 e. The van der Waals surface area contributed by atoms with E-state index in [9.17, 15) is 14.4 Å². The molecule has 0 aromatic rings. The van der Waals surface area contributed by atoms with E-state index >= 15 is 0 Å². The van der Waals surface area contributed by atoms with Gasteiger partial charge in [0.2, 0.25) is 0 Å². The number of hydrogen-bond donors (Lipinski definition) is 0. The van der Waals surface area contributed by atoms with Gasteiger partial charge in [-0.3, -0.25) is 14.4 Å². The van der Waals surface area contributed by atoms with E-state index in [-0.39, 0.29) is 31.1 Å². The van der Waals surface area contributed by atoms with Crippen LogP contribution in [0.5, 0.6) is 0 Å². The highest BCUT2D eigenvalue weighted by molar-refractivity contribution is 5.71. The van der Waals surface area contributed by atoms with Gasteiger partial charge in [0.1, 0.15) is 13.2 Å². The fraction of sp³-hybridized carbons (Fsp3) is 0.772. The monoisotopic (exact) mass is 881 g/mol. The Morgan fingerprint density at radius 3 is 1.00 bits per heavy atom. The third-order valence-electron chi connectivity index (χ3n) is 11.5. The Balaban J connectivity index is 4.41. The SMILES string of the molecule is CC/C=C\C/C=C\C/C=C\CCCCCCCC(=O)OC[C@@H](COC(=O)CCCCCCC/C=C\C/C=C\CCCCC)OC(=O)CCCCCCCCCCCCCCCCC. The molecule has 1 atom stereocenters. The van der Waals surface area contributed by atoms with Crippen LogP contribution in [0.1, 0.15) is 265 Å². The van der Waals surface area contributed by atoms with Crippen LogP contribution in [0.3, 0.4) is 0 Å². The van der Waals surface area contributed by atoms with E-state index in [1.165, 1.54) is 109 Å². The van der Waals surface area contributed by atoms with Gasteiger partial charge in [0.25, 0.3) is 0 Å². The van der Waals surface area contributed by atoms with Crippen molar-refractivity contribution in [1.29, 1.82) is 0 Å². The molecule has 0 rings (SSSR count). The van der Waals surface area contributed by atoms with Crippen molar-refractivity contribution in [1.82, 2.24) is 0 Å². The summed E-state index contributed by atoms with van der Waals surface area (Å²) in [5.41, 5.74) is 0. The van der Waals surface area contributed by atoms with Gasteiger partial charge in [-0.2, -0.15) is 0 Å². The summed E-state index contributed by atoms with van der Waals surface area (Å²) in [7, 11) is 0. The molecule has 0 bridgehead atoms. The lowest BCUT2D eigenvalue weighted by molar-refractivity contribution is -0.167. The highest BCUT2D eigenvalue weighted by atomic mass is 16.6. The molecule has 0 aromatic carbocycles. The summed E-state index contributed by atoms with van der Waals surface area (Å²) in [6.07, 6.45) is 63.4. The summed E-state index contributed by atoms with van der Waals surface area (Å²) >= 11 is 0. The van der Waals surface area contributed by atoms with Gasteiger partial charge in [-0.15, -0.1) is 0 Å². The summed E-state index contributed by atoms with van der Waals surface area (Å²) in [5, 5.41) is 0. The minimum Gasteiger partial charge on any atom is -0.462 e. The molecule has 0 N–H and O–H groups in total. The number of ether oxygens (including phenoxy) is 3. The zero-order chi connectivity index (χ0) is 45.8. The van der Waals surface area contributed by atoms with Crippen molar-refractivity contribution in [2.75, 3.05) is 13.2 Å². The maximum Gasteiger partial charge on any atom is 0.306 e. The summed E-state index contributed by atoms with van der Waals surface area (Å²) in [6, 6.07) is 0. The molecule has 0 radical (unpaired) electrons. The normalized spacial score (nSPS) is 12.5. The van der Waals surface area contributed by atoms with E-state index in [0.29, 0.717) is 19.3 Å². The van der Waals surface area contributed by atoms with Crippen molar-refractivity contribution in [2.45, 2.75) is 271 Å². The average Bonchev–Trinajstić information content (AvgIpc) is 3.28. The highest BCUT2D eigenvalue weighted by Crippen LogP contribution is 2.15. The molecule has 0 saturated carbocycles. The van der Waals surface area contributed by atoms with Gasteiger partial charge in [-0.25, -0.2) is 0 Å². The zero-order valence-electron chi connectivity index (χ0n) is 41.6. The molecule has 0 aromatic heterocycles. The topological polar surface area (TPSA) is 78.9 Å². The maximum absolute atomic E-state index is 12.8. The third-order valence-corrected chi connectivity index (χ3v) is 11.5.